The molecule has 0 heterocycles. The molecule has 0 amide bonds. The zero-order valence-electron chi connectivity index (χ0n) is 11.2. The van der Waals surface area contributed by atoms with Crippen LogP contribution in [0.1, 0.15) is 50.2 Å². The number of hydrogen-bond acceptors (Lipinski definition) is 1. The Bertz CT molecular complexity index is 304. The minimum atomic E-state index is 0.696. The highest BCUT2D eigenvalue weighted by Crippen LogP contribution is 2.22. The van der Waals surface area contributed by atoms with Gasteiger partial charge in [-0.3, -0.25) is 0 Å². The van der Waals surface area contributed by atoms with E-state index in [4.69, 9.17) is 0 Å². The molecule has 0 radical (unpaired) electrons. The topological polar surface area (TPSA) is 3.24 Å². The third kappa shape index (κ3) is 4.36. The average molecular weight is 219 g/mol. The Morgan fingerprint density at radius 3 is 2.62 bits per heavy atom. The number of hydrogen-bond donors (Lipinski definition) is 0. The third-order valence-electron chi connectivity index (χ3n) is 3.01. The van der Waals surface area contributed by atoms with Crippen molar-refractivity contribution in [2.45, 2.75) is 45.6 Å². The van der Waals surface area contributed by atoms with Crippen molar-refractivity contribution in [2.24, 2.45) is 0 Å². The minimum Gasteiger partial charge on any atom is -0.305 e. The molecule has 0 N–H and O–H groups in total. The predicted octanol–water partition coefficient (Wildman–Crippen LogP) is 4.04. The van der Waals surface area contributed by atoms with Gasteiger partial charge < -0.3 is 4.90 Å². The molecule has 0 bridgehead atoms. The van der Waals surface area contributed by atoms with Crippen LogP contribution < -0.4 is 0 Å². The number of rotatable bonds is 6. The molecular weight excluding hydrogens is 194 g/mol. The Balaban J connectivity index is 2.65. The van der Waals surface area contributed by atoms with Crippen molar-refractivity contribution in [2.75, 3.05) is 14.1 Å². The molecule has 1 nitrogen and oxygen atoms in total. The molecule has 0 fully saturated rings. The number of unbranched alkanes of at least 4 members (excludes halogenated alkanes) is 1. The molecule has 0 spiro atoms. The summed E-state index contributed by atoms with van der Waals surface area (Å²) < 4.78 is 0. The highest BCUT2D eigenvalue weighted by molar-refractivity contribution is 5.26. The first kappa shape index (κ1) is 13.2. The second-order valence-corrected chi connectivity index (χ2v) is 5.03. The van der Waals surface area contributed by atoms with Gasteiger partial charge in [-0.05, 0) is 37.6 Å². The zero-order chi connectivity index (χ0) is 12.0. The van der Waals surface area contributed by atoms with Crippen LogP contribution in [-0.2, 0) is 6.54 Å². The maximum Gasteiger partial charge on any atom is 0.0227 e. The van der Waals surface area contributed by atoms with E-state index >= 15 is 0 Å². The fraction of sp³-hybridized carbons (Fsp3) is 0.600. The number of benzene rings is 1. The molecule has 1 aromatic rings. The first-order chi connectivity index (χ1) is 7.63. The van der Waals surface area contributed by atoms with Gasteiger partial charge in [-0.25, -0.2) is 0 Å². The Morgan fingerprint density at radius 1 is 1.25 bits per heavy atom. The highest BCUT2D eigenvalue weighted by Gasteiger charge is 2.05. The van der Waals surface area contributed by atoms with Crippen molar-refractivity contribution in [1.82, 2.24) is 4.90 Å². The summed E-state index contributed by atoms with van der Waals surface area (Å²) in [4.78, 5) is 2.22. The van der Waals surface area contributed by atoms with Crippen LogP contribution in [0.5, 0.6) is 0 Å². The van der Waals surface area contributed by atoms with Crippen molar-refractivity contribution in [3.63, 3.8) is 0 Å². The quantitative estimate of drug-likeness (QED) is 0.698. The molecule has 16 heavy (non-hydrogen) atoms. The van der Waals surface area contributed by atoms with Gasteiger partial charge in [-0.1, -0.05) is 51.0 Å². The van der Waals surface area contributed by atoms with Crippen LogP contribution in [0, 0.1) is 0 Å². The second-order valence-electron chi connectivity index (χ2n) is 5.03. The van der Waals surface area contributed by atoms with Crippen LogP contribution in [0.2, 0.25) is 0 Å². The lowest BCUT2D eigenvalue weighted by atomic mass is 9.94. The molecule has 0 aliphatic rings. The lowest BCUT2D eigenvalue weighted by Crippen LogP contribution is -2.10. The van der Waals surface area contributed by atoms with Gasteiger partial charge in [0.1, 0.15) is 0 Å². The molecule has 0 aliphatic carbocycles. The zero-order valence-corrected chi connectivity index (χ0v) is 11.2. The fourth-order valence-corrected chi connectivity index (χ4v) is 2.04. The molecule has 1 unspecified atom stereocenters. The largest absolute Gasteiger partial charge is 0.305 e. The summed E-state index contributed by atoms with van der Waals surface area (Å²) in [5.74, 6) is 0.696. The molecule has 1 atom stereocenters. The van der Waals surface area contributed by atoms with Gasteiger partial charge in [-0.2, -0.15) is 0 Å². The lowest BCUT2D eigenvalue weighted by Gasteiger charge is -2.14. The van der Waals surface area contributed by atoms with Crippen LogP contribution in [-0.4, -0.2) is 19.0 Å². The molecule has 90 valence electrons. The second kappa shape index (κ2) is 6.70. The monoisotopic (exact) mass is 219 g/mol. The van der Waals surface area contributed by atoms with Gasteiger partial charge in [0.05, 0.1) is 0 Å². The van der Waals surface area contributed by atoms with Gasteiger partial charge in [0.25, 0.3) is 0 Å². The predicted molar refractivity (Wildman–Crippen MR) is 71.8 cm³/mol. The lowest BCUT2D eigenvalue weighted by molar-refractivity contribution is 0.402. The average Bonchev–Trinajstić information content (AvgIpc) is 2.25. The van der Waals surface area contributed by atoms with Crippen molar-refractivity contribution < 1.29 is 0 Å². The summed E-state index contributed by atoms with van der Waals surface area (Å²) in [5, 5.41) is 0. The Hall–Kier alpha value is -0.820. The summed E-state index contributed by atoms with van der Waals surface area (Å²) in [5.41, 5.74) is 2.92. The summed E-state index contributed by atoms with van der Waals surface area (Å²) in [6, 6.07) is 9.03. The molecule has 1 heteroatoms. The Morgan fingerprint density at radius 2 is 2.00 bits per heavy atom. The molecule has 1 rings (SSSR count). The van der Waals surface area contributed by atoms with Crippen molar-refractivity contribution >= 4 is 0 Å². The summed E-state index contributed by atoms with van der Waals surface area (Å²) in [7, 11) is 4.24. The van der Waals surface area contributed by atoms with E-state index in [9.17, 15) is 0 Å². The molecule has 0 aromatic heterocycles. The standard InChI is InChI=1S/C15H25N/c1-5-6-8-13(2)15-10-7-9-14(11-15)12-16(3)4/h7,9-11,13H,5-6,8,12H2,1-4H3. The highest BCUT2D eigenvalue weighted by atomic mass is 15.0. The first-order valence-electron chi connectivity index (χ1n) is 6.37. The minimum absolute atomic E-state index is 0.696. The van der Waals surface area contributed by atoms with E-state index in [1.807, 2.05) is 0 Å². The van der Waals surface area contributed by atoms with Gasteiger partial charge in [0.15, 0.2) is 0 Å². The Kier molecular flexibility index (Phi) is 5.54. The summed E-state index contributed by atoms with van der Waals surface area (Å²) in [6.45, 7) is 5.63. The summed E-state index contributed by atoms with van der Waals surface area (Å²) in [6.07, 6.45) is 3.93. The van der Waals surface area contributed by atoms with E-state index in [0.29, 0.717) is 5.92 Å². The third-order valence-corrected chi connectivity index (χ3v) is 3.01. The van der Waals surface area contributed by atoms with Crippen LogP contribution in [0.15, 0.2) is 24.3 Å². The SMILES string of the molecule is CCCCC(C)c1cccc(CN(C)C)c1. The van der Waals surface area contributed by atoms with E-state index in [-0.39, 0.29) is 0 Å². The first-order valence-corrected chi connectivity index (χ1v) is 6.37. The fourth-order valence-electron chi connectivity index (χ4n) is 2.04. The van der Waals surface area contributed by atoms with Gasteiger partial charge in [-0.15, -0.1) is 0 Å². The van der Waals surface area contributed by atoms with Crippen LogP contribution in [0.3, 0.4) is 0 Å². The van der Waals surface area contributed by atoms with Crippen LogP contribution in [0.25, 0.3) is 0 Å². The van der Waals surface area contributed by atoms with Crippen LogP contribution in [0.4, 0.5) is 0 Å². The molecule has 1 aromatic carbocycles. The number of nitrogens with zero attached hydrogens (tertiary/aromatic N) is 1. The maximum atomic E-state index is 2.36. The van der Waals surface area contributed by atoms with E-state index in [1.165, 1.54) is 30.4 Å². The van der Waals surface area contributed by atoms with Gasteiger partial charge in [0.2, 0.25) is 0 Å². The van der Waals surface area contributed by atoms with Crippen molar-refractivity contribution in [1.29, 1.82) is 0 Å². The maximum absolute atomic E-state index is 2.36. The molecular formula is C15H25N. The van der Waals surface area contributed by atoms with Crippen molar-refractivity contribution in [3.8, 4) is 0 Å². The Labute approximate surface area is 100 Å². The smallest absolute Gasteiger partial charge is 0.0227 e. The van der Waals surface area contributed by atoms with Crippen molar-refractivity contribution in [3.05, 3.63) is 35.4 Å². The van der Waals surface area contributed by atoms with E-state index in [1.54, 1.807) is 0 Å². The molecule has 0 saturated heterocycles. The van der Waals surface area contributed by atoms with Crippen LogP contribution >= 0.6 is 0 Å². The van der Waals surface area contributed by atoms with Gasteiger partial charge in [0, 0.05) is 6.54 Å². The van der Waals surface area contributed by atoms with E-state index in [0.717, 1.165) is 6.54 Å². The summed E-state index contributed by atoms with van der Waals surface area (Å²) >= 11 is 0. The van der Waals surface area contributed by atoms with E-state index < -0.39 is 0 Å². The molecule has 0 saturated carbocycles. The van der Waals surface area contributed by atoms with E-state index in [2.05, 4.69) is 57.1 Å². The normalized spacial score (nSPS) is 13.1. The van der Waals surface area contributed by atoms with Gasteiger partial charge >= 0.3 is 0 Å². The molecule has 0 aliphatic heterocycles.